The van der Waals surface area contributed by atoms with Crippen molar-refractivity contribution in [2.45, 2.75) is 58.0 Å². The SMILES string of the molecule is C[C@@H](NC(=O)C1CCN(Cc2cccc(Cl)c2)CC1)c1ccc2c(c1)CCCC2. The largest absolute Gasteiger partial charge is 0.349 e. The maximum absolute atomic E-state index is 12.8. The normalized spacial score (nSPS) is 18.8. The van der Waals surface area contributed by atoms with Gasteiger partial charge in [-0.2, -0.15) is 0 Å². The number of carbonyl (C=O) groups is 1. The summed E-state index contributed by atoms with van der Waals surface area (Å²) in [5.74, 6) is 0.323. The number of aryl methyl sites for hydroxylation is 2. The highest BCUT2D eigenvalue weighted by atomic mass is 35.5. The molecule has 2 aromatic carbocycles. The number of rotatable bonds is 5. The maximum atomic E-state index is 12.8. The van der Waals surface area contributed by atoms with Gasteiger partial charge in [0.25, 0.3) is 0 Å². The zero-order valence-electron chi connectivity index (χ0n) is 17.3. The van der Waals surface area contributed by atoms with Crippen LogP contribution < -0.4 is 5.32 Å². The van der Waals surface area contributed by atoms with Crippen molar-refractivity contribution in [2.24, 2.45) is 5.92 Å². The molecule has 3 nitrogen and oxygen atoms in total. The molecule has 1 aliphatic carbocycles. The van der Waals surface area contributed by atoms with E-state index in [1.54, 1.807) is 0 Å². The minimum atomic E-state index is 0.0687. The summed E-state index contributed by atoms with van der Waals surface area (Å²) in [7, 11) is 0. The molecule has 0 bridgehead atoms. The topological polar surface area (TPSA) is 32.3 Å². The second-order valence-corrected chi connectivity index (χ2v) is 9.08. The summed E-state index contributed by atoms with van der Waals surface area (Å²) < 4.78 is 0. The monoisotopic (exact) mass is 410 g/mol. The van der Waals surface area contributed by atoms with Crippen LogP contribution in [-0.2, 0) is 24.2 Å². The number of hydrogen-bond acceptors (Lipinski definition) is 2. The number of nitrogens with one attached hydrogen (secondary N) is 1. The Bertz CT molecular complexity index is 858. The van der Waals surface area contributed by atoms with E-state index in [4.69, 9.17) is 11.6 Å². The quantitative estimate of drug-likeness (QED) is 0.724. The third kappa shape index (κ3) is 5.21. The van der Waals surface area contributed by atoms with Crippen molar-refractivity contribution in [1.29, 1.82) is 0 Å². The van der Waals surface area contributed by atoms with Crippen molar-refractivity contribution < 1.29 is 4.79 Å². The summed E-state index contributed by atoms with van der Waals surface area (Å²) >= 11 is 6.09. The fraction of sp³-hybridized carbons (Fsp3) is 0.480. The Morgan fingerprint density at radius 2 is 1.86 bits per heavy atom. The highest BCUT2D eigenvalue weighted by Crippen LogP contribution is 2.26. The number of likely N-dealkylation sites (tertiary alicyclic amines) is 1. The lowest BCUT2D eigenvalue weighted by Crippen LogP contribution is -2.40. The van der Waals surface area contributed by atoms with E-state index in [1.807, 2.05) is 18.2 Å². The summed E-state index contributed by atoms with van der Waals surface area (Å²) in [4.78, 5) is 15.3. The van der Waals surface area contributed by atoms with Gasteiger partial charge in [0.1, 0.15) is 0 Å². The van der Waals surface area contributed by atoms with Gasteiger partial charge in [0.15, 0.2) is 0 Å². The van der Waals surface area contributed by atoms with Crippen molar-refractivity contribution in [1.82, 2.24) is 10.2 Å². The van der Waals surface area contributed by atoms with Gasteiger partial charge in [0, 0.05) is 17.5 Å². The molecule has 1 heterocycles. The van der Waals surface area contributed by atoms with E-state index in [0.29, 0.717) is 0 Å². The summed E-state index contributed by atoms with van der Waals surface area (Å²) in [6.07, 6.45) is 6.80. The van der Waals surface area contributed by atoms with Crippen LogP contribution in [-0.4, -0.2) is 23.9 Å². The highest BCUT2D eigenvalue weighted by Gasteiger charge is 2.26. The Hall–Kier alpha value is -1.84. The number of benzene rings is 2. The number of fused-ring (bicyclic) bond motifs is 1. The van der Waals surface area contributed by atoms with Gasteiger partial charge in [-0.3, -0.25) is 9.69 Å². The molecular weight excluding hydrogens is 380 g/mol. The smallest absolute Gasteiger partial charge is 0.223 e. The van der Waals surface area contributed by atoms with Gasteiger partial charge in [0.2, 0.25) is 5.91 Å². The van der Waals surface area contributed by atoms with Gasteiger partial charge in [-0.25, -0.2) is 0 Å². The van der Waals surface area contributed by atoms with Crippen LogP contribution in [0.4, 0.5) is 0 Å². The van der Waals surface area contributed by atoms with Crippen LogP contribution in [0.25, 0.3) is 0 Å². The first kappa shape index (κ1) is 20.4. The van der Waals surface area contributed by atoms with E-state index >= 15 is 0 Å². The van der Waals surface area contributed by atoms with Crippen LogP contribution in [0.2, 0.25) is 5.02 Å². The molecule has 29 heavy (non-hydrogen) atoms. The predicted molar refractivity (Wildman–Crippen MR) is 119 cm³/mol. The first-order chi connectivity index (χ1) is 14.1. The average Bonchev–Trinajstić information content (AvgIpc) is 2.74. The number of halogens is 1. The summed E-state index contributed by atoms with van der Waals surface area (Å²) in [5.41, 5.74) is 5.44. The van der Waals surface area contributed by atoms with Crippen molar-refractivity contribution in [3.8, 4) is 0 Å². The molecule has 4 heteroatoms. The minimum absolute atomic E-state index is 0.0687. The van der Waals surface area contributed by atoms with Crippen LogP contribution in [0.1, 0.15) is 60.9 Å². The first-order valence-corrected chi connectivity index (χ1v) is 11.3. The van der Waals surface area contributed by atoms with E-state index in [2.05, 4.69) is 41.4 Å². The molecule has 1 N–H and O–H groups in total. The van der Waals surface area contributed by atoms with Crippen molar-refractivity contribution in [2.75, 3.05) is 13.1 Å². The van der Waals surface area contributed by atoms with Crippen molar-refractivity contribution in [3.05, 3.63) is 69.7 Å². The Kier molecular flexibility index (Phi) is 6.56. The zero-order chi connectivity index (χ0) is 20.2. The molecule has 0 spiro atoms. The van der Waals surface area contributed by atoms with Crippen LogP contribution in [0.5, 0.6) is 0 Å². The molecule has 1 atom stereocenters. The molecule has 0 radical (unpaired) electrons. The second kappa shape index (κ2) is 9.32. The summed E-state index contributed by atoms with van der Waals surface area (Å²) in [6, 6.07) is 14.9. The molecule has 0 unspecified atom stereocenters. The Morgan fingerprint density at radius 1 is 1.10 bits per heavy atom. The molecule has 2 aromatic rings. The fourth-order valence-electron chi connectivity index (χ4n) is 4.68. The molecule has 0 aromatic heterocycles. The Labute approximate surface area is 179 Å². The zero-order valence-corrected chi connectivity index (χ0v) is 18.0. The third-order valence-corrected chi connectivity index (χ3v) is 6.72. The van der Waals surface area contributed by atoms with Crippen molar-refractivity contribution >= 4 is 17.5 Å². The molecule has 1 saturated heterocycles. The first-order valence-electron chi connectivity index (χ1n) is 11.0. The number of piperidine rings is 1. The van der Waals surface area contributed by atoms with Gasteiger partial charge in [-0.15, -0.1) is 0 Å². The lowest BCUT2D eigenvalue weighted by Gasteiger charge is -2.32. The minimum Gasteiger partial charge on any atom is -0.349 e. The lowest BCUT2D eigenvalue weighted by molar-refractivity contribution is -0.127. The fourth-order valence-corrected chi connectivity index (χ4v) is 4.90. The molecule has 1 aliphatic heterocycles. The van der Waals surface area contributed by atoms with Crippen LogP contribution >= 0.6 is 11.6 Å². The predicted octanol–water partition coefficient (Wildman–Crippen LogP) is 5.31. The maximum Gasteiger partial charge on any atom is 0.223 e. The molecule has 1 amide bonds. The second-order valence-electron chi connectivity index (χ2n) is 8.65. The summed E-state index contributed by atoms with van der Waals surface area (Å²) in [6.45, 7) is 4.92. The molecule has 0 saturated carbocycles. The number of amides is 1. The van der Waals surface area contributed by atoms with Crippen LogP contribution in [0.3, 0.4) is 0 Å². The summed E-state index contributed by atoms with van der Waals surface area (Å²) in [5, 5.41) is 4.05. The standard InChI is InChI=1S/C25H31ClN2O/c1-18(22-10-9-20-6-2-3-7-23(20)16-22)27-25(29)21-11-13-28(14-12-21)17-19-5-4-8-24(26)15-19/h4-5,8-10,15-16,18,21H,2-3,6-7,11-14,17H2,1H3,(H,27,29)/t18-/m1/s1. The third-order valence-electron chi connectivity index (χ3n) is 6.48. The van der Waals surface area contributed by atoms with E-state index in [9.17, 15) is 4.79 Å². The van der Waals surface area contributed by atoms with Crippen LogP contribution in [0.15, 0.2) is 42.5 Å². The van der Waals surface area contributed by atoms with Gasteiger partial charge >= 0.3 is 0 Å². The molecule has 2 aliphatic rings. The molecule has 4 rings (SSSR count). The van der Waals surface area contributed by atoms with Gasteiger partial charge < -0.3 is 5.32 Å². The lowest BCUT2D eigenvalue weighted by atomic mass is 9.89. The average molecular weight is 411 g/mol. The Morgan fingerprint density at radius 3 is 2.62 bits per heavy atom. The Balaban J connectivity index is 1.28. The van der Waals surface area contributed by atoms with Gasteiger partial charge in [0.05, 0.1) is 6.04 Å². The molecule has 154 valence electrons. The van der Waals surface area contributed by atoms with Gasteiger partial charge in [-0.1, -0.05) is 41.9 Å². The number of hydrogen-bond donors (Lipinski definition) is 1. The van der Waals surface area contributed by atoms with Crippen molar-refractivity contribution in [3.63, 3.8) is 0 Å². The molecule has 1 fully saturated rings. The number of nitrogens with zero attached hydrogens (tertiary/aromatic N) is 1. The van der Waals surface area contributed by atoms with Gasteiger partial charge in [-0.05, 0) is 92.9 Å². The van der Waals surface area contributed by atoms with E-state index in [-0.39, 0.29) is 17.9 Å². The van der Waals surface area contributed by atoms with E-state index < -0.39 is 0 Å². The number of carbonyl (C=O) groups excluding carboxylic acids is 1. The van der Waals surface area contributed by atoms with E-state index in [1.165, 1.54) is 47.9 Å². The van der Waals surface area contributed by atoms with E-state index in [0.717, 1.165) is 37.5 Å². The highest BCUT2D eigenvalue weighted by molar-refractivity contribution is 6.30. The molecular formula is C25H31ClN2O. The van der Waals surface area contributed by atoms with Crippen LogP contribution in [0, 0.1) is 5.92 Å².